The van der Waals surface area contributed by atoms with Crippen molar-refractivity contribution in [3.05, 3.63) is 34.3 Å². The van der Waals surface area contributed by atoms with Crippen molar-refractivity contribution in [3.8, 4) is 0 Å². The molecule has 1 aromatic carbocycles. The lowest BCUT2D eigenvalue weighted by Crippen LogP contribution is -2.35. The second-order valence-corrected chi connectivity index (χ2v) is 5.33. The van der Waals surface area contributed by atoms with Gasteiger partial charge in [-0.25, -0.2) is 4.79 Å². The van der Waals surface area contributed by atoms with Crippen LogP contribution in [-0.4, -0.2) is 30.3 Å². The first kappa shape index (κ1) is 17.6. The van der Waals surface area contributed by atoms with Gasteiger partial charge >= 0.3 is 12.1 Å². The maximum atomic E-state index is 12.7. The first-order valence-corrected chi connectivity index (χ1v) is 7.04. The van der Waals surface area contributed by atoms with Gasteiger partial charge in [0.25, 0.3) is 0 Å². The third-order valence-corrected chi connectivity index (χ3v) is 3.10. The minimum Gasteiger partial charge on any atom is -0.478 e. The van der Waals surface area contributed by atoms with Crippen molar-refractivity contribution in [2.75, 3.05) is 18.0 Å². The molecule has 0 spiro atoms. The number of carboxylic acid groups (broad SMARTS) is 1. The molecule has 0 saturated heterocycles. The second-order valence-electron chi connectivity index (χ2n) is 4.41. The average Bonchev–Trinajstić information content (AvgIpc) is 2.35. The van der Waals surface area contributed by atoms with Crippen molar-refractivity contribution in [2.24, 2.45) is 0 Å². The molecular formula is C14H15BrF3NO2. The molecule has 0 aliphatic heterocycles. The summed E-state index contributed by atoms with van der Waals surface area (Å²) in [5.41, 5.74) is 0.777. The second kappa shape index (κ2) is 7.49. The molecule has 0 radical (unpaired) electrons. The van der Waals surface area contributed by atoms with E-state index in [2.05, 4.69) is 15.9 Å². The molecule has 0 unspecified atom stereocenters. The summed E-state index contributed by atoms with van der Waals surface area (Å²) in [6.07, 6.45) is -1.58. The van der Waals surface area contributed by atoms with Gasteiger partial charge in [0.15, 0.2) is 0 Å². The Hall–Kier alpha value is -1.50. The van der Waals surface area contributed by atoms with Crippen molar-refractivity contribution in [2.45, 2.75) is 19.5 Å². The number of benzene rings is 1. The van der Waals surface area contributed by atoms with Crippen LogP contribution in [0.1, 0.15) is 18.9 Å². The molecule has 0 saturated carbocycles. The lowest BCUT2D eigenvalue weighted by Gasteiger charge is -2.27. The zero-order valence-corrected chi connectivity index (χ0v) is 12.9. The Labute approximate surface area is 129 Å². The van der Waals surface area contributed by atoms with Crippen LogP contribution in [0.5, 0.6) is 0 Å². The Morgan fingerprint density at radius 2 is 2.10 bits per heavy atom. The molecule has 1 N–H and O–H groups in total. The van der Waals surface area contributed by atoms with E-state index >= 15 is 0 Å². The fourth-order valence-corrected chi connectivity index (χ4v) is 2.21. The van der Waals surface area contributed by atoms with E-state index in [1.54, 1.807) is 25.1 Å². The van der Waals surface area contributed by atoms with Gasteiger partial charge in [-0.05, 0) is 30.2 Å². The number of carbonyl (C=O) groups is 1. The van der Waals surface area contributed by atoms with E-state index in [0.717, 1.165) is 6.08 Å². The fraction of sp³-hybridized carbons (Fsp3) is 0.357. The molecule has 0 amide bonds. The van der Waals surface area contributed by atoms with Crippen LogP contribution in [0.15, 0.2) is 28.7 Å². The zero-order valence-electron chi connectivity index (χ0n) is 11.3. The number of hydrogen-bond acceptors (Lipinski definition) is 2. The van der Waals surface area contributed by atoms with Crippen LogP contribution in [0.25, 0.3) is 6.08 Å². The van der Waals surface area contributed by atoms with Gasteiger partial charge in [0.1, 0.15) is 6.54 Å². The number of hydrogen-bond donors (Lipinski definition) is 1. The highest BCUT2D eigenvalue weighted by molar-refractivity contribution is 9.10. The van der Waals surface area contributed by atoms with E-state index in [9.17, 15) is 18.0 Å². The number of aliphatic carboxylic acids is 1. The van der Waals surface area contributed by atoms with Crippen molar-refractivity contribution in [3.63, 3.8) is 0 Å². The van der Waals surface area contributed by atoms with E-state index in [1.807, 2.05) is 0 Å². The Kier molecular flexibility index (Phi) is 6.26. The van der Waals surface area contributed by atoms with Crippen LogP contribution in [0, 0.1) is 0 Å². The summed E-state index contributed by atoms with van der Waals surface area (Å²) >= 11 is 3.23. The van der Waals surface area contributed by atoms with Gasteiger partial charge in [0, 0.05) is 22.8 Å². The largest absolute Gasteiger partial charge is 0.478 e. The quantitative estimate of drug-likeness (QED) is 0.763. The number of nitrogens with zero attached hydrogens (tertiary/aromatic N) is 1. The maximum absolute atomic E-state index is 12.7. The molecular weight excluding hydrogens is 351 g/mol. The highest BCUT2D eigenvalue weighted by Gasteiger charge is 2.31. The van der Waals surface area contributed by atoms with Gasteiger partial charge < -0.3 is 10.0 Å². The smallest absolute Gasteiger partial charge is 0.405 e. The molecule has 0 atom stereocenters. The van der Waals surface area contributed by atoms with E-state index in [0.29, 0.717) is 22.1 Å². The van der Waals surface area contributed by atoms with E-state index in [-0.39, 0.29) is 6.54 Å². The third kappa shape index (κ3) is 6.20. The Morgan fingerprint density at radius 1 is 1.43 bits per heavy atom. The highest BCUT2D eigenvalue weighted by Crippen LogP contribution is 2.29. The lowest BCUT2D eigenvalue weighted by atomic mass is 10.1. The topological polar surface area (TPSA) is 40.5 Å². The number of alkyl halides is 3. The molecule has 0 heterocycles. The van der Waals surface area contributed by atoms with Crippen LogP contribution in [-0.2, 0) is 4.79 Å². The van der Waals surface area contributed by atoms with Crippen molar-refractivity contribution in [1.82, 2.24) is 0 Å². The highest BCUT2D eigenvalue weighted by atomic mass is 79.9. The van der Waals surface area contributed by atoms with Gasteiger partial charge in [-0.15, -0.1) is 0 Å². The van der Waals surface area contributed by atoms with Crippen LogP contribution >= 0.6 is 15.9 Å². The summed E-state index contributed by atoms with van der Waals surface area (Å²) in [7, 11) is 0. The molecule has 0 aliphatic carbocycles. The van der Waals surface area contributed by atoms with Crippen molar-refractivity contribution < 1.29 is 23.1 Å². The summed E-state index contributed by atoms with van der Waals surface area (Å²) in [5, 5.41) is 8.66. The van der Waals surface area contributed by atoms with Crippen molar-refractivity contribution in [1.29, 1.82) is 0 Å². The molecule has 0 bridgehead atoms. The molecule has 0 aromatic heterocycles. The number of rotatable bonds is 6. The van der Waals surface area contributed by atoms with E-state index in [1.165, 1.54) is 11.0 Å². The summed E-state index contributed by atoms with van der Waals surface area (Å²) < 4.78 is 38.7. The third-order valence-electron chi connectivity index (χ3n) is 2.60. The lowest BCUT2D eigenvalue weighted by molar-refractivity contribution is -0.131. The molecule has 21 heavy (non-hydrogen) atoms. The average molecular weight is 366 g/mol. The minimum absolute atomic E-state index is 0.226. The SMILES string of the molecule is CCCN(CC(F)(F)F)c1cc(Br)ccc1C=CC(=O)O. The van der Waals surface area contributed by atoms with Crippen LogP contribution in [0.3, 0.4) is 0 Å². The molecule has 7 heteroatoms. The van der Waals surface area contributed by atoms with Crippen LogP contribution in [0.4, 0.5) is 18.9 Å². The summed E-state index contributed by atoms with van der Waals surface area (Å²) in [6.45, 7) is 0.934. The van der Waals surface area contributed by atoms with Gasteiger partial charge in [0.05, 0.1) is 0 Å². The summed E-state index contributed by atoms with van der Waals surface area (Å²) in [6, 6.07) is 4.80. The van der Waals surface area contributed by atoms with Crippen LogP contribution < -0.4 is 4.90 Å². The monoisotopic (exact) mass is 365 g/mol. The van der Waals surface area contributed by atoms with Gasteiger partial charge in [-0.2, -0.15) is 13.2 Å². The number of carboxylic acids is 1. The predicted octanol–water partition coefficient (Wildman–Crippen LogP) is 4.33. The van der Waals surface area contributed by atoms with E-state index in [4.69, 9.17) is 5.11 Å². The molecule has 1 rings (SSSR count). The van der Waals surface area contributed by atoms with E-state index < -0.39 is 18.7 Å². The fourth-order valence-electron chi connectivity index (χ4n) is 1.86. The van der Waals surface area contributed by atoms with Crippen molar-refractivity contribution >= 4 is 33.7 Å². The molecule has 1 aromatic rings. The van der Waals surface area contributed by atoms with Gasteiger partial charge in [-0.3, -0.25) is 0 Å². The summed E-state index contributed by atoms with van der Waals surface area (Å²) in [5.74, 6) is -1.15. The first-order chi connectivity index (χ1) is 9.73. The molecule has 116 valence electrons. The Morgan fingerprint density at radius 3 is 2.62 bits per heavy atom. The normalized spacial score (nSPS) is 11.9. The Bertz CT molecular complexity index is 529. The number of anilines is 1. The summed E-state index contributed by atoms with van der Waals surface area (Å²) in [4.78, 5) is 11.8. The molecule has 0 fully saturated rings. The molecule has 3 nitrogen and oxygen atoms in total. The van der Waals surface area contributed by atoms with Gasteiger partial charge in [-0.1, -0.05) is 28.9 Å². The standard InChI is InChI=1S/C14H15BrF3NO2/c1-2-7-19(9-14(16,17)18)12-8-11(15)5-3-10(12)4-6-13(20)21/h3-6,8H,2,7,9H2,1H3,(H,20,21). The van der Waals surface area contributed by atoms with Gasteiger partial charge in [0.2, 0.25) is 0 Å². The minimum atomic E-state index is -4.33. The maximum Gasteiger partial charge on any atom is 0.405 e. The predicted molar refractivity (Wildman–Crippen MR) is 79.4 cm³/mol. The zero-order chi connectivity index (χ0) is 16.0. The number of halogens is 4. The van der Waals surface area contributed by atoms with Crippen LogP contribution in [0.2, 0.25) is 0 Å². The molecule has 0 aliphatic rings. The Balaban J connectivity index is 3.21. The first-order valence-electron chi connectivity index (χ1n) is 6.25.